The summed E-state index contributed by atoms with van der Waals surface area (Å²) in [6.45, 7) is 0.969. The quantitative estimate of drug-likeness (QED) is 0.903. The fourth-order valence-corrected chi connectivity index (χ4v) is 3.21. The van der Waals surface area contributed by atoms with Crippen LogP contribution in [0.1, 0.15) is 35.0 Å². The van der Waals surface area contributed by atoms with E-state index in [1.807, 2.05) is 29.3 Å². The third-order valence-corrected chi connectivity index (χ3v) is 4.35. The monoisotopic (exact) mass is 247 g/mol. The second kappa shape index (κ2) is 4.63. The Bertz CT molecular complexity index is 487. The Balaban J connectivity index is 1.72. The van der Waals surface area contributed by atoms with Gasteiger partial charge in [-0.1, -0.05) is 6.07 Å². The van der Waals surface area contributed by atoms with Gasteiger partial charge in [0, 0.05) is 35.8 Å². The predicted molar refractivity (Wildman–Crippen MR) is 70.0 cm³/mol. The maximum absolute atomic E-state index is 4.37. The van der Waals surface area contributed by atoms with Crippen LogP contribution in [0.4, 0.5) is 0 Å². The highest BCUT2D eigenvalue weighted by molar-refractivity contribution is 7.09. The van der Waals surface area contributed by atoms with Gasteiger partial charge < -0.3 is 5.32 Å². The first kappa shape index (κ1) is 11.0. The van der Waals surface area contributed by atoms with Crippen LogP contribution < -0.4 is 5.32 Å². The molecular weight excluding hydrogens is 230 g/mol. The van der Waals surface area contributed by atoms with E-state index in [-0.39, 0.29) is 0 Å². The minimum atomic E-state index is 0.481. The van der Waals surface area contributed by atoms with Crippen molar-refractivity contribution in [1.82, 2.24) is 15.1 Å². The molecule has 1 aliphatic carbocycles. The predicted octanol–water partition coefficient (Wildman–Crippen LogP) is 2.65. The van der Waals surface area contributed by atoms with Gasteiger partial charge in [0.1, 0.15) is 0 Å². The zero-order valence-electron chi connectivity index (χ0n) is 10.0. The van der Waals surface area contributed by atoms with Gasteiger partial charge in [-0.3, -0.25) is 4.68 Å². The number of rotatable bonds is 3. The molecule has 3 nitrogen and oxygen atoms in total. The standard InChI is InChI=1S/C13H17N3S/c1-16-13-6-2-5-12(11(13)9-15-16)14-8-10-4-3-7-17-10/h3-4,7,9,12,14H,2,5-6,8H2,1H3. The molecule has 2 aromatic heterocycles. The van der Waals surface area contributed by atoms with Gasteiger partial charge >= 0.3 is 0 Å². The minimum Gasteiger partial charge on any atom is -0.305 e. The van der Waals surface area contributed by atoms with Crippen LogP contribution in [-0.2, 0) is 20.0 Å². The van der Waals surface area contributed by atoms with E-state index in [0.29, 0.717) is 6.04 Å². The van der Waals surface area contributed by atoms with Crippen molar-refractivity contribution < 1.29 is 0 Å². The third-order valence-electron chi connectivity index (χ3n) is 3.48. The Hall–Kier alpha value is -1.13. The van der Waals surface area contributed by atoms with E-state index >= 15 is 0 Å². The Labute approximate surface area is 105 Å². The van der Waals surface area contributed by atoms with Crippen molar-refractivity contribution in [3.63, 3.8) is 0 Å². The molecule has 1 unspecified atom stereocenters. The summed E-state index contributed by atoms with van der Waals surface area (Å²) in [7, 11) is 2.04. The van der Waals surface area contributed by atoms with Gasteiger partial charge in [-0.25, -0.2) is 0 Å². The van der Waals surface area contributed by atoms with Gasteiger partial charge in [0.25, 0.3) is 0 Å². The second-order valence-electron chi connectivity index (χ2n) is 4.58. The van der Waals surface area contributed by atoms with E-state index in [4.69, 9.17) is 0 Å². The van der Waals surface area contributed by atoms with Crippen LogP contribution in [0.5, 0.6) is 0 Å². The van der Waals surface area contributed by atoms with E-state index in [0.717, 1.165) is 6.54 Å². The molecule has 2 aromatic rings. The molecule has 0 bridgehead atoms. The number of hydrogen-bond donors (Lipinski definition) is 1. The van der Waals surface area contributed by atoms with Crippen molar-refractivity contribution in [1.29, 1.82) is 0 Å². The number of nitrogens with one attached hydrogen (secondary N) is 1. The Morgan fingerprint density at radius 2 is 2.53 bits per heavy atom. The average Bonchev–Trinajstić information content (AvgIpc) is 2.97. The van der Waals surface area contributed by atoms with E-state index in [9.17, 15) is 0 Å². The van der Waals surface area contributed by atoms with Gasteiger partial charge in [0.15, 0.2) is 0 Å². The lowest BCUT2D eigenvalue weighted by Gasteiger charge is -2.23. The highest BCUT2D eigenvalue weighted by Gasteiger charge is 2.22. The fourth-order valence-electron chi connectivity index (χ4n) is 2.56. The van der Waals surface area contributed by atoms with Crippen LogP contribution in [-0.4, -0.2) is 9.78 Å². The van der Waals surface area contributed by atoms with Crippen molar-refractivity contribution in [3.8, 4) is 0 Å². The van der Waals surface area contributed by atoms with Crippen LogP contribution >= 0.6 is 11.3 Å². The molecule has 3 rings (SSSR count). The SMILES string of the molecule is Cn1ncc2c1CCCC2NCc1cccs1. The summed E-state index contributed by atoms with van der Waals surface area (Å²) in [5.41, 5.74) is 2.80. The van der Waals surface area contributed by atoms with Crippen LogP contribution in [0.25, 0.3) is 0 Å². The van der Waals surface area contributed by atoms with E-state index in [2.05, 4.69) is 27.9 Å². The Morgan fingerprint density at radius 1 is 1.59 bits per heavy atom. The number of nitrogens with zero attached hydrogens (tertiary/aromatic N) is 2. The molecule has 2 heterocycles. The molecule has 4 heteroatoms. The lowest BCUT2D eigenvalue weighted by atomic mass is 9.93. The summed E-state index contributed by atoms with van der Waals surface area (Å²) >= 11 is 1.81. The largest absolute Gasteiger partial charge is 0.305 e. The molecule has 0 amide bonds. The number of fused-ring (bicyclic) bond motifs is 1. The smallest absolute Gasteiger partial charge is 0.0540 e. The fraction of sp³-hybridized carbons (Fsp3) is 0.462. The van der Waals surface area contributed by atoms with Crippen molar-refractivity contribution in [2.45, 2.75) is 31.8 Å². The van der Waals surface area contributed by atoms with Gasteiger partial charge in [0.05, 0.1) is 6.20 Å². The summed E-state index contributed by atoms with van der Waals surface area (Å²) in [6, 6.07) is 4.78. The highest BCUT2D eigenvalue weighted by Crippen LogP contribution is 2.29. The minimum absolute atomic E-state index is 0.481. The van der Waals surface area contributed by atoms with E-state index in [1.165, 1.54) is 35.4 Å². The Kier molecular flexibility index (Phi) is 2.99. The summed E-state index contributed by atoms with van der Waals surface area (Å²) in [6.07, 6.45) is 5.68. The summed E-state index contributed by atoms with van der Waals surface area (Å²) in [5.74, 6) is 0. The van der Waals surface area contributed by atoms with Crippen LogP contribution in [0.3, 0.4) is 0 Å². The normalized spacial score (nSPS) is 19.2. The molecule has 0 saturated heterocycles. The number of aryl methyl sites for hydroxylation is 1. The van der Waals surface area contributed by atoms with Gasteiger partial charge in [-0.15, -0.1) is 11.3 Å². The molecule has 1 N–H and O–H groups in total. The maximum atomic E-state index is 4.37. The van der Waals surface area contributed by atoms with Crippen molar-refractivity contribution >= 4 is 11.3 Å². The zero-order chi connectivity index (χ0) is 11.7. The molecule has 90 valence electrons. The van der Waals surface area contributed by atoms with Crippen LogP contribution in [0.15, 0.2) is 23.7 Å². The molecule has 17 heavy (non-hydrogen) atoms. The van der Waals surface area contributed by atoms with Gasteiger partial charge in [-0.05, 0) is 30.7 Å². The zero-order valence-corrected chi connectivity index (χ0v) is 10.8. The van der Waals surface area contributed by atoms with Crippen LogP contribution in [0.2, 0.25) is 0 Å². The molecule has 1 atom stereocenters. The molecule has 0 radical (unpaired) electrons. The Morgan fingerprint density at radius 3 is 3.35 bits per heavy atom. The molecule has 0 fully saturated rings. The molecule has 0 aliphatic heterocycles. The number of thiophene rings is 1. The summed E-state index contributed by atoms with van der Waals surface area (Å²) < 4.78 is 2.02. The van der Waals surface area contributed by atoms with E-state index in [1.54, 1.807) is 0 Å². The van der Waals surface area contributed by atoms with Gasteiger partial charge in [0.2, 0.25) is 0 Å². The first-order chi connectivity index (χ1) is 8.34. The molecular formula is C13H17N3S. The van der Waals surface area contributed by atoms with E-state index < -0.39 is 0 Å². The summed E-state index contributed by atoms with van der Waals surface area (Å²) in [5, 5.41) is 10.2. The molecule has 0 spiro atoms. The molecule has 1 aliphatic rings. The first-order valence-electron chi connectivity index (χ1n) is 6.11. The van der Waals surface area contributed by atoms with Crippen LogP contribution in [0, 0.1) is 0 Å². The number of hydrogen-bond acceptors (Lipinski definition) is 3. The summed E-state index contributed by atoms with van der Waals surface area (Å²) in [4.78, 5) is 1.40. The second-order valence-corrected chi connectivity index (χ2v) is 5.61. The number of aromatic nitrogens is 2. The third kappa shape index (κ3) is 2.15. The lowest BCUT2D eigenvalue weighted by molar-refractivity contribution is 0.453. The van der Waals surface area contributed by atoms with Crippen molar-refractivity contribution in [2.24, 2.45) is 7.05 Å². The first-order valence-corrected chi connectivity index (χ1v) is 6.99. The highest BCUT2D eigenvalue weighted by atomic mass is 32.1. The topological polar surface area (TPSA) is 29.9 Å². The lowest BCUT2D eigenvalue weighted by Crippen LogP contribution is -2.24. The molecule has 0 saturated carbocycles. The van der Waals surface area contributed by atoms with Crippen molar-refractivity contribution in [3.05, 3.63) is 39.8 Å². The average molecular weight is 247 g/mol. The van der Waals surface area contributed by atoms with Crippen molar-refractivity contribution in [2.75, 3.05) is 0 Å². The molecule has 0 aromatic carbocycles. The maximum Gasteiger partial charge on any atom is 0.0540 e. The van der Waals surface area contributed by atoms with Gasteiger partial charge in [-0.2, -0.15) is 5.10 Å².